The summed E-state index contributed by atoms with van der Waals surface area (Å²) in [6.07, 6.45) is -4.60. The molecule has 3 nitrogen and oxygen atoms in total. The minimum Gasteiger partial charge on any atom is -0.258 e. The molecule has 7 heteroatoms. The lowest BCUT2D eigenvalue weighted by atomic mass is 10.1. The monoisotopic (exact) mass is 283 g/mol. The first kappa shape index (κ1) is 12.0. The maximum Gasteiger partial charge on any atom is 0.417 e. The van der Waals surface area contributed by atoms with Crippen molar-refractivity contribution in [2.24, 2.45) is 0 Å². The number of nitrogens with zero attached hydrogens (tertiary/aromatic N) is 1. The third-order valence-electron chi connectivity index (χ3n) is 1.79. The summed E-state index contributed by atoms with van der Waals surface area (Å²) in [6, 6.07) is 1.61. The molecule has 1 aromatic carbocycles. The number of hydrogen-bond donors (Lipinski definition) is 0. The Morgan fingerprint density at radius 3 is 2.33 bits per heavy atom. The van der Waals surface area contributed by atoms with Crippen molar-refractivity contribution in [3.8, 4) is 0 Å². The van der Waals surface area contributed by atoms with Crippen molar-refractivity contribution in [3.05, 3.63) is 37.8 Å². The molecule has 0 spiro atoms. The average molecular weight is 284 g/mol. The van der Waals surface area contributed by atoms with Crippen molar-refractivity contribution < 1.29 is 18.1 Å². The van der Waals surface area contributed by atoms with Gasteiger partial charge in [0.2, 0.25) is 0 Å². The highest BCUT2D eigenvalue weighted by Crippen LogP contribution is 2.38. The molecule has 0 N–H and O–H groups in total. The van der Waals surface area contributed by atoms with Crippen molar-refractivity contribution >= 4 is 21.6 Å². The smallest absolute Gasteiger partial charge is 0.258 e. The van der Waals surface area contributed by atoms with E-state index in [9.17, 15) is 23.3 Å². The van der Waals surface area contributed by atoms with Gasteiger partial charge in [-0.3, -0.25) is 10.1 Å². The van der Waals surface area contributed by atoms with Gasteiger partial charge in [0.1, 0.15) is 0 Å². The Morgan fingerprint density at radius 2 is 1.93 bits per heavy atom. The van der Waals surface area contributed by atoms with E-state index in [2.05, 4.69) is 15.9 Å². The van der Waals surface area contributed by atoms with Gasteiger partial charge >= 0.3 is 6.18 Å². The first-order chi connectivity index (χ1) is 6.73. The Morgan fingerprint density at radius 1 is 1.40 bits per heavy atom. The first-order valence-corrected chi connectivity index (χ1v) is 4.54. The predicted octanol–water partition coefficient (Wildman–Crippen LogP) is 3.68. The van der Waals surface area contributed by atoms with Crippen LogP contribution in [-0.2, 0) is 6.18 Å². The van der Waals surface area contributed by atoms with Crippen molar-refractivity contribution in [3.63, 3.8) is 0 Å². The summed E-state index contributed by atoms with van der Waals surface area (Å²) < 4.78 is 36.9. The standard InChI is InChI=1S/C8H5BrF3NO2/c1-4-2-6(9)5(8(10,11)12)3-7(4)13(14)15/h2-3H,1H3. The van der Waals surface area contributed by atoms with Gasteiger partial charge in [0.05, 0.1) is 10.5 Å². The molecule has 0 aliphatic carbocycles. The van der Waals surface area contributed by atoms with Crippen LogP contribution in [0.1, 0.15) is 11.1 Å². The normalized spacial score (nSPS) is 11.5. The van der Waals surface area contributed by atoms with Crippen LogP contribution in [0.3, 0.4) is 0 Å². The first-order valence-electron chi connectivity index (χ1n) is 3.75. The minimum absolute atomic E-state index is 0.180. The molecule has 0 atom stereocenters. The van der Waals surface area contributed by atoms with E-state index in [1.165, 1.54) is 6.92 Å². The molecule has 0 aliphatic rings. The van der Waals surface area contributed by atoms with Gasteiger partial charge < -0.3 is 0 Å². The average Bonchev–Trinajstić information content (AvgIpc) is 2.00. The fourth-order valence-corrected chi connectivity index (χ4v) is 1.76. The molecule has 0 heterocycles. The summed E-state index contributed by atoms with van der Waals surface area (Å²) in [5, 5.41) is 10.4. The zero-order valence-corrected chi connectivity index (χ0v) is 9.02. The second-order valence-corrected chi connectivity index (χ2v) is 3.73. The highest BCUT2D eigenvalue weighted by Gasteiger charge is 2.35. The summed E-state index contributed by atoms with van der Waals surface area (Å²) in [5.41, 5.74) is -1.40. The van der Waals surface area contributed by atoms with Crippen molar-refractivity contribution in [1.29, 1.82) is 0 Å². The molecule has 0 amide bonds. The van der Waals surface area contributed by atoms with E-state index in [-0.39, 0.29) is 10.0 Å². The Labute approximate surface area is 91.2 Å². The Bertz CT molecular complexity index is 417. The highest BCUT2D eigenvalue weighted by atomic mass is 79.9. The summed E-state index contributed by atoms with van der Waals surface area (Å²) in [4.78, 5) is 9.60. The van der Waals surface area contributed by atoms with Gasteiger partial charge in [-0.15, -0.1) is 0 Å². The van der Waals surface area contributed by atoms with Gasteiger partial charge in [0.15, 0.2) is 0 Å². The van der Waals surface area contributed by atoms with Crippen LogP contribution in [0.25, 0.3) is 0 Å². The van der Waals surface area contributed by atoms with Gasteiger partial charge in [-0.1, -0.05) is 15.9 Å². The van der Waals surface area contributed by atoms with Crippen LogP contribution >= 0.6 is 15.9 Å². The predicted molar refractivity (Wildman–Crippen MR) is 50.5 cm³/mol. The van der Waals surface area contributed by atoms with Gasteiger partial charge in [-0.05, 0) is 13.0 Å². The van der Waals surface area contributed by atoms with Gasteiger partial charge in [0.25, 0.3) is 5.69 Å². The second kappa shape index (κ2) is 3.80. The van der Waals surface area contributed by atoms with Crippen LogP contribution in [-0.4, -0.2) is 4.92 Å². The molecule has 82 valence electrons. The number of rotatable bonds is 1. The molecule has 15 heavy (non-hydrogen) atoms. The van der Waals surface area contributed by atoms with Crippen LogP contribution in [0, 0.1) is 17.0 Å². The van der Waals surface area contributed by atoms with Crippen LogP contribution in [0.4, 0.5) is 18.9 Å². The van der Waals surface area contributed by atoms with E-state index >= 15 is 0 Å². The number of aryl methyl sites for hydroxylation is 1. The number of halogens is 4. The van der Waals surface area contributed by atoms with E-state index in [0.717, 1.165) is 6.07 Å². The third kappa shape index (κ3) is 2.47. The van der Waals surface area contributed by atoms with Gasteiger partial charge in [0, 0.05) is 16.1 Å². The summed E-state index contributed by atoms with van der Waals surface area (Å²) in [7, 11) is 0. The highest BCUT2D eigenvalue weighted by molar-refractivity contribution is 9.10. The third-order valence-corrected chi connectivity index (χ3v) is 2.44. The van der Waals surface area contributed by atoms with E-state index in [1.807, 2.05) is 0 Å². The molecule has 0 aromatic heterocycles. The Balaban J connectivity index is 3.43. The van der Waals surface area contributed by atoms with Crippen molar-refractivity contribution in [1.82, 2.24) is 0 Å². The number of benzene rings is 1. The summed E-state index contributed by atoms with van der Waals surface area (Å²) in [6.45, 7) is 1.38. The van der Waals surface area contributed by atoms with E-state index < -0.39 is 22.4 Å². The molecule has 0 bridgehead atoms. The van der Waals surface area contributed by atoms with E-state index in [0.29, 0.717) is 6.07 Å². The largest absolute Gasteiger partial charge is 0.417 e. The molecule has 1 rings (SSSR count). The second-order valence-electron chi connectivity index (χ2n) is 2.87. The van der Waals surface area contributed by atoms with Crippen LogP contribution in [0.15, 0.2) is 16.6 Å². The maximum atomic E-state index is 12.4. The Hall–Kier alpha value is -1.11. The molecular weight excluding hydrogens is 279 g/mol. The SMILES string of the molecule is Cc1cc(Br)c(C(F)(F)F)cc1[N+](=O)[O-]. The number of hydrogen-bond acceptors (Lipinski definition) is 2. The summed E-state index contributed by atoms with van der Waals surface area (Å²) >= 11 is 2.72. The molecular formula is C8H5BrF3NO2. The molecule has 0 saturated heterocycles. The van der Waals surface area contributed by atoms with Crippen molar-refractivity contribution in [2.75, 3.05) is 0 Å². The minimum atomic E-state index is -4.60. The molecule has 0 unspecified atom stereocenters. The van der Waals surface area contributed by atoms with Crippen LogP contribution < -0.4 is 0 Å². The quantitative estimate of drug-likeness (QED) is 0.583. The fourth-order valence-electron chi connectivity index (χ4n) is 1.08. The van der Waals surface area contributed by atoms with Gasteiger partial charge in [-0.25, -0.2) is 0 Å². The zero-order valence-electron chi connectivity index (χ0n) is 7.43. The lowest BCUT2D eigenvalue weighted by molar-refractivity contribution is -0.385. The number of nitro groups is 1. The molecule has 0 aliphatic heterocycles. The topological polar surface area (TPSA) is 43.1 Å². The molecule has 1 aromatic rings. The fraction of sp³-hybridized carbons (Fsp3) is 0.250. The zero-order chi connectivity index (χ0) is 11.8. The number of nitro benzene ring substituents is 1. The Kier molecular flexibility index (Phi) is 3.03. The van der Waals surface area contributed by atoms with E-state index in [1.54, 1.807) is 0 Å². The van der Waals surface area contributed by atoms with E-state index in [4.69, 9.17) is 0 Å². The lowest BCUT2D eigenvalue weighted by Gasteiger charge is -2.09. The van der Waals surface area contributed by atoms with Gasteiger partial charge in [-0.2, -0.15) is 13.2 Å². The molecule has 0 fully saturated rings. The lowest BCUT2D eigenvalue weighted by Crippen LogP contribution is -2.07. The maximum absolute atomic E-state index is 12.4. The summed E-state index contributed by atoms with van der Waals surface area (Å²) in [5.74, 6) is 0. The molecule has 0 radical (unpaired) electrons. The molecule has 0 saturated carbocycles. The van der Waals surface area contributed by atoms with Crippen LogP contribution in [0.5, 0.6) is 0 Å². The number of alkyl halides is 3. The van der Waals surface area contributed by atoms with Crippen LogP contribution in [0.2, 0.25) is 0 Å². The van der Waals surface area contributed by atoms with Crippen molar-refractivity contribution in [2.45, 2.75) is 13.1 Å².